The highest BCUT2D eigenvalue weighted by atomic mass is 16.1. The van der Waals surface area contributed by atoms with Crippen LogP contribution in [0.25, 0.3) is 5.65 Å². The predicted molar refractivity (Wildman–Crippen MR) is 82.6 cm³/mol. The molecule has 0 saturated heterocycles. The second kappa shape index (κ2) is 5.44. The first-order valence-electron chi connectivity index (χ1n) is 6.88. The molecule has 0 aliphatic heterocycles. The Balaban J connectivity index is 1.99. The Morgan fingerprint density at radius 1 is 1.18 bits per heavy atom. The zero-order chi connectivity index (χ0) is 15.7. The lowest BCUT2D eigenvalue weighted by molar-refractivity contribution is 0.0988. The lowest BCUT2D eigenvalue weighted by Gasteiger charge is -2.26. The molecule has 0 spiro atoms. The maximum atomic E-state index is 11.4. The number of aromatic nitrogens is 4. The van der Waals surface area contributed by atoms with Gasteiger partial charge in [0.05, 0.1) is 6.04 Å². The van der Waals surface area contributed by atoms with Gasteiger partial charge >= 0.3 is 0 Å². The van der Waals surface area contributed by atoms with Crippen molar-refractivity contribution in [2.75, 3.05) is 11.9 Å². The molecule has 0 bridgehead atoms. The molecule has 0 fully saturated rings. The number of carbonyl (C=O) groups excluding carboxylic acids is 1. The normalized spacial score (nSPS) is 12.3. The SMILES string of the molecule is C[C@@H](c1ccccc1)N(C)c1ccc2nnc(C(N)=O)n2n1. The number of rotatable bonds is 4. The van der Waals surface area contributed by atoms with E-state index in [1.165, 1.54) is 10.1 Å². The van der Waals surface area contributed by atoms with Crippen molar-refractivity contribution in [1.82, 2.24) is 19.8 Å². The zero-order valence-corrected chi connectivity index (χ0v) is 12.3. The third-order valence-electron chi connectivity index (χ3n) is 3.69. The smallest absolute Gasteiger partial charge is 0.288 e. The van der Waals surface area contributed by atoms with E-state index in [4.69, 9.17) is 5.73 Å². The number of hydrogen-bond donors (Lipinski definition) is 1. The van der Waals surface area contributed by atoms with Crippen LogP contribution < -0.4 is 10.6 Å². The van der Waals surface area contributed by atoms with Crippen molar-refractivity contribution in [3.63, 3.8) is 0 Å². The van der Waals surface area contributed by atoms with Crippen molar-refractivity contribution in [3.8, 4) is 0 Å². The van der Waals surface area contributed by atoms with Gasteiger partial charge in [-0.25, -0.2) is 0 Å². The summed E-state index contributed by atoms with van der Waals surface area (Å²) in [5, 5.41) is 12.0. The Morgan fingerprint density at radius 2 is 1.91 bits per heavy atom. The van der Waals surface area contributed by atoms with E-state index in [9.17, 15) is 4.79 Å². The van der Waals surface area contributed by atoms with E-state index in [0.717, 1.165) is 0 Å². The summed E-state index contributed by atoms with van der Waals surface area (Å²) in [5.74, 6) is 0.0691. The first-order valence-corrected chi connectivity index (χ1v) is 6.88. The minimum Gasteiger partial charge on any atom is -0.363 e. The van der Waals surface area contributed by atoms with Crippen LogP contribution in [0.5, 0.6) is 0 Å². The number of benzene rings is 1. The van der Waals surface area contributed by atoms with E-state index in [1.54, 1.807) is 6.07 Å². The summed E-state index contributed by atoms with van der Waals surface area (Å²) in [4.78, 5) is 13.4. The highest BCUT2D eigenvalue weighted by molar-refractivity contribution is 5.89. The van der Waals surface area contributed by atoms with E-state index in [-0.39, 0.29) is 11.9 Å². The standard InChI is InChI=1S/C15H16N6O/c1-10(11-6-4-3-5-7-11)20(2)13-9-8-12-17-18-15(14(16)22)21(12)19-13/h3-10H,1-2H3,(H2,16,22)/t10-/m0/s1. The molecule has 2 heterocycles. The van der Waals surface area contributed by atoms with Gasteiger partial charge in [0.2, 0.25) is 5.82 Å². The third kappa shape index (κ3) is 2.37. The summed E-state index contributed by atoms with van der Waals surface area (Å²) in [6, 6.07) is 13.8. The zero-order valence-electron chi connectivity index (χ0n) is 12.3. The lowest BCUT2D eigenvalue weighted by Crippen LogP contribution is -2.24. The summed E-state index contributed by atoms with van der Waals surface area (Å²) in [7, 11) is 1.94. The van der Waals surface area contributed by atoms with Gasteiger partial charge in [-0.05, 0) is 24.6 Å². The van der Waals surface area contributed by atoms with Gasteiger partial charge in [-0.15, -0.1) is 15.3 Å². The van der Waals surface area contributed by atoms with Crippen molar-refractivity contribution in [3.05, 3.63) is 53.9 Å². The van der Waals surface area contributed by atoms with Crippen LogP contribution in [-0.2, 0) is 0 Å². The largest absolute Gasteiger partial charge is 0.363 e. The fraction of sp³-hybridized carbons (Fsp3) is 0.200. The number of nitrogens with two attached hydrogens (primary N) is 1. The van der Waals surface area contributed by atoms with Crippen molar-refractivity contribution in [2.45, 2.75) is 13.0 Å². The number of nitrogens with zero attached hydrogens (tertiary/aromatic N) is 5. The molecule has 7 heteroatoms. The topological polar surface area (TPSA) is 89.4 Å². The second-order valence-corrected chi connectivity index (χ2v) is 5.05. The van der Waals surface area contributed by atoms with Crippen molar-refractivity contribution in [2.24, 2.45) is 5.73 Å². The molecule has 1 atom stereocenters. The number of fused-ring (bicyclic) bond motifs is 1. The summed E-state index contributed by atoms with van der Waals surface area (Å²) in [6.45, 7) is 2.09. The Hall–Kier alpha value is -2.96. The molecule has 0 saturated carbocycles. The summed E-state index contributed by atoms with van der Waals surface area (Å²) in [6.07, 6.45) is 0. The van der Waals surface area contributed by atoms with Crippen LogP contribution in [0.15, 0.2) is 42.5 Å². The van der Waals surface area contributed by atoms with E-state index in [0.29, 0.717) is 11.5 Å². The Bertz CT molecular complexity index is 813. The van der Waals surface area contributed by atoms with Gasteiger partial charge in [0.15, 0.2) is 5.65 Å². The van der Waals surface area contributed by atoms with Crippen molar-refractivity contribution >= 4 is 17.4 Å². The predicted octanol–water partition coefficient (Wildman–Crippen LogP) is 1.42. The fourth-order valence-electron chi connectivity index (χ4n) is 2.27. The molecular weight excluding hydrogens is 280 g/mol. The number of primary amides is 1. The summed E-state index contributed by atoms with van der Waals surface area (Å²) < 4.78 is 1.37. The second-order valence-electron chi connectivity index (χ2n) is 5.05. The minimum atomic E-state index is -0.657. The number of amides is 1. The van der Waals surface area contributed by atoms with Gasteiger partial charge in [-0.3, -0.25) is 4.79 Å². The molecule has 22 heavy (non-hydrogen) atoms. The van der Waals surface area contributed by atoms with Crippen LogP contribution in [0.2, 0.25) is 0 Å². The average molecular weight is 296 g/mol. The summed E-state index contributed by atoms with van der Waals surface area (Å²) >= 11 is 0. The van der Waals surface area contributed by atoms with Gasteiger partial charge in [-0.2, -0.15) is 4.52 Å². The molecule has 2 N–H and O–H groups in total. The first-order chi connectivity index (χ1) is 10.6. The molecule has 1 aromatic carbocycles. The van der Waals surface area contributed by atoms with Gasteiger partial charge in [-0.1, -0.05) is 30.3 Å². The van der Waals surface area contributed by atoms with E-state index in [2.05, 4.69) is 34.4 Å². The lowest BCUT2D eigenvalue weighted by atomic mass is 10.1. The van der Waals surface area contributed by atoms with E-state index in [1.807, 2.05) is 36.2 Å². The molecule has 112 valence electrons. The molecule has 1 amide bonds. The Kier molecular flexibility index (Phi) is 3.46. The molecule has 2 aromatic heterocycles. The Labute approximate surface area is 127 Å². The molecule has 3 rings (SSSR count). The van der Waals surface area contributed by atoms with Crippen molar-refractivity contribution < 1.29 is 4.79 Å². The maximum absolute atomic E-state index is 11.4. The number of carbonyl (C=O) groups is 1. The van der Waals surface area contributed by atoms with Gasteiger partial charge in [0.1, 0.15) is 5.82 Å². The molecular formula is C15H16N6O. The molecule has 0 unspecified atom stereocenters. The first kappa shape index (κ1) is 14.0. The molecule has 3 aromatic rings. The van der Waals surface area contributed by atoms with Crippen LogP contribution in [0.3, 0.4) is 0 Å². The molecule has 0 aliphatic rings. The number of anilines is 1. The van der Waals surface area contributed by atoms with Crippen LogP contribution in [0.1, 0.15) is 29.1 Å². The van der Waals surface area contributed by atoms with Crippen molar-refractivity contribution in [1.29, 1.82) is 0 Å². The quantitative estimate of drug-likeness (QED) is 0.786. The van der Waals surface area contributed by atoms with Crippen LogP contribution in [-0.4, -0.2) is 32.8 Å². The van der Waals surface area contributed by atoms with Crippen LogP contribution >= 0.6 is 0 Å². The van der Waals surface area contributed by atoms with Gasteiger partial charge in [0, 0.05) is 7.05 Å². The van der Waals surface area contributed by atoms with Gasteiger partial charge < -0.3 is 10.6 Å². The highest BCUT2D eigenvalue weighted by Crippen LogP contribution is 2.23. The summed E-state index contributed by atoms with van der Waals surface area (Å²) in [5.41, 5.74) is 6.94. The maximum Gasteiger partial charge on any atom is 0.288 e. The minimum absolute atomic E-state index is 0.0256. The van der Waals surface area contributed by atoms with E-state index >= 15 is 0 Å². The van der Waals surface area contributed by atoms with E-state index < -0.39 is 5.91 Å². The monoisotopic (exact) mass is 296 g/mol. The molecule has 0 radical (unpaired) electrons. The van der Waals surface area contributed by atoms with Crippen LogP contribution in [0, 0.1) is 0 Å². The number of hydrogen-bond acceptors (Lipinski definition) is 5. The van der Waals surface area contributed by atoms with Crippen LogP contribution in [0.4, 0.5) is 5.82 Å². The Morgan fingerprint density at radius 3 is 2.59 bits per heavy atom. The fourth-order valence-corrected chi connectivity index (χ4v) is 2.27. The third-order valence-corrected chi connectivity index (χ3v) is 3.69. The molecule has 7 nitrogen and oxygen atoms in total. The van der Waals surface area contributed by atoms with Gasteiger partial charge in [0.25, 0.3) is 5.91 Å². The molecule has 0 aliphatic carbocycles. The highest BCUT2D eigenvalue weighted by Gasteiger charge is 2.17. The average Bonchev–Trinajstić information content (AvgIpc) is 2.97.